The predicted octanol–water partition coefficient (Wildman–Crippen LogP) is 2.52. The van der Waals surface area contributed by atoms with Gasteiger partial charge in [-0.2, -0.15) is 0 Å². The zero-order valence-electron chi connectivity index (χ0n) is 9.49. The molecule has 0 radical (unpaired) electrons. The monoisotopic (exact) mass is 198 g/mol. The van der Waals surface area contributed by atoms with Crippen LogP contribution in [-0.4, -0.2) is 23.4 Å². The van der Waals surface area contributed by atoms with Gasteiger partial charge >= 0.3 is 0 Å². The van der Waals surface area contributed by atoms with E-state index in [4.69, 9.17) is 9.84 Å². The van der Waals surface area contributed by atoms with Crippen molar-refractivity contribution < 1.29 is 9.84 Å². The fourth-order valence-corrected chi connectivity index (χ4v) is 1.79. The van der Waals surface area contributed by atoms with Crippen LogP contribution in [0, 0.1) is 5.92 Å². The van der Waals surface area contributed by atoms with Gasteiger partial charge in [-0.05, 0) is 25.7 Å². The van der Waals surface area contributed by atoms with E-state index in [1.54, 1.807) is 0 Å². The van der Waals surface area contributed by atoms with Gasteiger partial charge in [0.15, 0.2) is 0 Å². The smallest absolute Gasteiger partial charge is 0.110 e. The summed E-state index contributed by atoms with van der Waals surface area (Å²) in [6.07, 6.45) is 7.91. The Morgan fingerprint density at radius 1 is 1.57 bits per heavy atom. The average Bonchev–Trinajstić information content (AvgIpc) is 2.78. The second-order valence-corrected chi connectivity index (χ2v) is 4.50. The van der Waals surface area contributed by atoms with Crippen molar-refractivity contribution in [2.45, 2.75) is 51.7 Å². The van der Waals surface area contributed by atoms with Gasteiger partial charge in [0, 0.05) is 0 Å². The first kappa shape index (κ1) is 11.7. The second-order valence-electron chi connectivity index (χ2n) is 4.50. The Labute approximate surface area is 87.0 Å². The van der Waals surface area contributed by atoms with Crippen molar-refractivity contribution in [2.24, 2.45) is 5.92 Å². The van der Waals surface area contributed by atoms with Crippen molar-refractivity contribution in [1.82, 2.24) is 0 Å². The maximum atomic E-state index is 8.89. The van der Waals surface area contributed by atoms with Crippen molar-refractivity contribution in [2.75, 3.05) is 6.61 Å². The first-order valence-electron chi connectivity index (χ1n) is 5.57. The molecule has 0 aromatic carbocycles. The quantitative estimate of drug-likeness (QED) is 0.525. The van der Waals surface area contributed by atoms with Crippen molar-refractivity contribution in [1.29, 1.82) is 0 Å². The van der Waals surface area contributed by atoms with Crippen LogP contribution in [0.1, 0.15) is 40.0 Å². The van der Waals surface area contributed by atoms with E-state index in [9.17, 15) is 0 Å². The van der Waals surface area contributed by atoms with Crippen LogP contribution in [0.5, 0.6) is 0 Å². The van der Waals surface area contributed by atoms with Crippen LogP contribution in [0.4, 0.5) is 0 Å². The predicted molar refractivity (Wildman–Crippen MR) is 58.2 cm³/mol. The maximum absolute atomic E-state index is 8.89. The Bertz CT molecular complexity index is 200. The number of hydrogen-bond acceptors (Lipinski definition) is 2. The first-order valence-corrected chi connectivity index (χ1v) is 5.57. The van der Waals surface area contributed by atoms with Crippen LogP contribution in [0.25, 0.3) is 0 Å². The van der Waals surface area contributed by atoms with Crippen molar-refractivity contribution in [3.05, 3.63) is 12.2 Å². The minimum atomic E-state index is -0.0861. The standard InChI is InChI=1S/C12H22O2/c1-4-6-10(2)7-5-8-12(3)11(9-13)14-12/h5,7,10-11,13H,4,6,8-9H2,1-3H3/b7-5+/t10-,11-,12-/m1/s1. The van der Waals surface area contributed by atoms with Crippen LogP contribution < -0.4 is 0 Å². The Morgan fingerprint density at radius 2 is 2.29 bits per heavy atom. The average molecular weight is 198 g/mol. The third-order valence-corrected chi connectivity index (χ3v) is 2.93. The zero-order chi connectivity index (χ0) is 10.6. The fraction of sp³-hybridized carbons (Fsp3) is 0.833. The summed E-state index contributed by atoms with van der Waals surface area (Å²) in [5.41, 5.74) is -0.0861. The Kier molecular flexibility index (Phi) is 4.14. The SMILES string of the molecule is CCC[C@@H](C)/C=C/C[C@@]1(C)O[C@@H]1CO. The van der Waals surface area contributed by atoms with Gasteiger partial charge in [0.2, 0.25) is 0 Å². The van der Waals surface area contributed by atoms with Gasteiger partial charge < -0.3 is 9.84 Å². The molecule has 2 nitrogen and oxygen atoms in total. The second kappa shape index (κ2) is 4.94. The number of aliphatic hydroxyl groups excluding tert-OH is 1. The third kappa shape index (κ3) is 3.10. The molecular formula is C12H22O2. The van der Waals surface area contributed by atoms with Gasteiger partial charge in [0.1, 0.15) is 6.10 Å². The molecule has 1 fully saturated rings. The molecule has 0 aromatic heterocycles. The lowest BCUT2D eigenvalue weighted by Gasteiger charge is -2.04. The highest BCUT2D eigenvalue weighted by molar-refractivity contribution is 5.04. The number of epoxide rings is 1. The number of rotatable bonds is 6. The molecule has 0 amide bonds. The molecule has 0 saturated carbocycles. The van der Waals surface area contributed by atoms with E-state index in [1.165, 1.54) is 12.8 Å². The summed E-state index contributed by atoms with van der Waals surface area (Å²) >= 11 is 0. The van der Waals surface area contributed by atoms with Crippen LogP contribution in [0.3, 0.4) is 0 Å². The van der Waals surface area contributed by atoms with Gasteiger partial charge in [-0.15, -0.1) is 0 Å². The molecule has 0 aliphatic carbocycles. The van der Waals surface area contributed by atoms with E-state index >= 15 is 0 Å². The minimum Gasteiger partial charge on any atom is -0.394 e. The van der Waals surface area contributed by atoms with Gasteiger partial charge in [-0.25, -0.2) is 0 Å². The summed E-state index contributed by atoms with van der Waals surface area (Å²) in [5.74, 6) is 0.662. The molecule has 3 atom stereocenters. The Hall–Kier alpha value is -0.340. The van der Waals surface area contributed by atoms with Crippen LogP contribution >= 0.6 is 0 Å². The summed E-state index contributed by atoms with van der Waals surface area (Å²) in [7, 11) is 0. The zero-order valence-corrected chi connectivity index (χ0v) is 9.49. The van der Waals surface area contributed by atoms with E-state index in [0.717, 1.165) is 6.42 Å². The Morgan fingerprint density at radius 3 is 2.79 bits per heavy atom. The highest BCUT2D eigenvalue weighted by Crippen LogP contribution is 2.39. The first-order chi connectivity index (χ1) is 6.62. The summed E-state index contributed by atoms with van der Waals surface area (Å²) in [6, 6.07) is 0. The molecule has 1 N–H and O–H groups in total. The van der Waals surface area contributed by atoms with Crippen molar-refractivity contribution in [3.63, 3.8) is 0 Å². The van der Waals surface area contributed by atoms with E-state index in [2.05, 4.69) is 32.9 Å². The van der Waals surface area contributed by atoms with E-state index < -0.39 is 0 Å². The summed E-state index contributed by atoms with van der Waals surface area (Å²) < 4.78 is 5.39. The number of aliphatic hydroxyl groups is 1. The molecule has 2 heteroatoms. The van der Waals surface area contributed by atoms with E-state index in [-0.39, 0.29) is 18.3 Å². The van der Waals surface area contributed by atoms with Crippen LogP contribution in [0.2, 0.25) is 0 Å². The maximum Gasteiger partial charge on any atom is 0.110 e. The molecule has 14 heavy (non-hydrogen) atoms. The molecule has 1 saturated heterocycles. The molecule has 0 spiro atoms. The molecule has 1 heterocycles. The molecule has 0 unspecified atom stereocenters. The summed E-state index contributed by atoms with van der Waals surface area (Å²) in [6.45, 7) is 6.65. The van der Waals surface area contributed by atoms with Gasteiger partial charge in [0.05, 0.1) is 12.2 Å². The van der Waals surface area contributed by atoms with Gasteiger partial charge in [0.25, 0.3) is 0 Å². The van der Waals surface area contributed by atoms with Crippen molar-refractivity contribution >= 4 is 0 Å². The fourth-order valence-electron chi connectivity index (χ4n) is 1.79. The number of hydrogen-bond donors (Lipinski definition) is 1. The Balaban J connectivity index is 2.20. The van der Waals surface area contributed by atoms with Crippen LogP contribution in [-0.2, 0) is 4.74 Å². The largest absolute Gasteiger partial charge is 0.394 e. The van der Waals surface area contributed by atoms with Crippen molar-refractivity contribution in [3.8, 4) is 0 Å². The third-order valence-electron chi connectivity index (χ3n) is 2.93. The summed E-state index contributed by atoms with van der Waals surface area (Å²) in [5, 5.41) is 8.89. The number of allylic oxidation sites excluding steroid dienone is 1. The lowest BCUT2D eigenvalue weighted by atomic mass is 10.0. The summed E-state index contributed by atoms with van der Waals surface area (Å²) in [4.78, 5) is 0. The van der Waals surface area contributed by atoms with Gasteiger partial charge in [-0.1, -0.05) is 32.4 Å². The minimum absolute atomic E-state index is 0.0635. The molecule has 1 aliphatic rings. The topological polar surface area (TPSA) is 32.8 Å². The van der Waals surface area contributed by atoms with E-state index in [0.29, 0.717) is 5.92 Å². The lowest BCUT2D eigenvalue weighted by Crippen LogP contribution is -2.11. The molecule has 82 valence electrons. The van der Waals surface area contributed by atoms with Crippen LogP contribution in [0.15, 0.2) is 12.2 Å². The lowest BCUT2D eigenvalue weighted by molar-refractivity contribution is 0.237. The molecule has 1 rings (SSSR count). The molecular weight excluding hydrogens is 176 g/mol. The molecule has 0 aromatic rings. The van der Waals surface area contributed by atoms with E-state index in [1.807, 2.05) is 0 Å². The number of ether oxygens (including phenoxy) is 1. The normalized spacial score (nSPS) is 33.6. The highest BCUT2D eigenvalue weighted by Gasteiger charge is 2.50. The highest BCUT2D eigenvalue weighted by atomic mass is 16.6. The van der Waals surface area contributed by atoms with Gasteiger partial charge in [-0.3, -0.25) is 0 Å². The molecule has 0 bridgehead atoms. The molecule has 1 aliphatic heterocycles.